The van der Waals surface area contributed by atoms with Crippen LogP contribution in [0.1, 0.15) is 25.3 Å². The lowest BCUT2D eigenvalue weighted by Crippen LogP contribution is -2.46. The third kappa shape index (κ3) is 2.14. The van der Waals surface area contributed by atoms with Crippen LogP contribution < -0.4 is 0 Å². The van der Waals surface area contributed by atoms with Gasteiger partial charge < -0.3 is 9.53 Å². The van der Waals surface area contributed by atoms with Gasteiger partial charge in [0.2, 0.25) is 0 Å². The van der Waals surface area contributed by atoms with Crippen molar-refractivity contribution in [2.45, 2.75) is 25.2 Å². The molecule has 0 N–H and O–H groups in total. The quantitative estimate of drug-likeness (QED) is 0.782. The molecule has 1 fully saturated rings. The van der Waals surface area contributed by atoms with Crippen LogP contribution in [0.15, 0.2) is 24.3 Å². The highest BCUT2D eigenvalue weighted by atomic mass is 19.1. The molecule has 1 heterocycles. The van der Waals surface area contributed by atoms with Crippen molar-refractivity contribution in [2.75, 3.05) is 13.2 Å². The number of ketones is 1. The zero-order valence-corrected chi connectivity index (χ0v) is 9.33. The van der Waals surface area contributed by atoms with Crippen molar-refractivity contribution in [3.63, 3.8) is 0 Å². The van der Waals surface area contributed by atoms with Crippen LogP contribution in [-0.4, -0.2) is 19.0 Å². The Morgan fingerprint density at radius 2 is 2.00 bits per heavy atom. The summed E-state index contributed by atoms with van der Waals surface area (Å²) < 4.78 is 18.1. The number of hydrogen-bond donors (Lipinski definition) is 0. The topological polar surface area (TPSA) is 26.3 Å². The highest BCUT2D eigenvalue weighted by Crippen LogP contribution is 2.36. The molecule has 0 spiro atoms. The summed E-state index contributed by atoms with van der Waals surface area (Å²) in [4.78, 5) is 11.0. The third-order valence-electron chi connectivity index (χ3n) is 3.17. The van der Waals surface area contributed by atoms with Crippen molar-refractivity contribution in [3.8, 4) is 0 Å². The van der Waals surface area contributed by atoms with Gasteiger partial charge in [0.05, 0.1) is 13.2 Å². The Hall–Kier alpha value is -1.22. The van der Waals surface area contributed by atoms with E-state index in [1.165, 1.54) is 12.1 Å². The molecule has 0 atom stereocenters. The summed E-state index contributed by atoms with van der Waals surface area (Å²) in [6.45, 7) is 2.86. The fourth-order valence-corrected chi connectivity index (χ4v) is 2.02. The lowest BCUT2D eigenvalue weighted by molar-refractivity contribution is -0.119. The average molecular weight is 222 g/mol. The van der Waals surface area contributed by atoms with E-state index in [1.54, 1.807) is 19.1 Å². The largest absolute Gasteiger partial charge is 0.379 e. The van der Waals surface area contributed by atoms with Gasteiger partial charge in [-0.25, -0.2) is 4.39 Å². The maximum atomic E-state index is 12.8. The highest BCUT2D eigenvalue weighted by molar-refractivity contribution is 5.75. The van der Waals surface area contributed by atoms with Gasteiger partial charge in [-0.1, -0.05) is 12.1 Å². The summed E-state index contributed by atoms with van der Waals surface area (Å²) in [6.07, 6.45) is 1.34. The number of halogens is 1. The van der Waals surface area contributed by atoms with Crippen molar-refractivity contribution < 1.29 is 13.9 Å². The normalized spacial score (nSPS) is 17.9. The van der Waals surface area contributed by atoms with E-state index in [0.717, 1.165) is 12.0 Å². The molecule has 2 rings (SSSR count). The van der Waals surface area contributed by atoms with Gasteiger partial charge in [0.15, 0.2) is 0 Å². The summed E-state index contributed by atoms with van der Waals surface area (Å²) >= 11 is 0. The third-order valence-corrected chi connectivity index (χ3v) is 3.17. The lowest BCUT2D eigenvalue weighted by atomic mass is 9.75. The molecule has 0 radical (unpaired) electrons. The van der Waals surface area contributed by atoms with E-state index in [0.29, 0.717) is 19.6 Å². The first-order valence-electron chi connectivity index (χ1n) is 5.46. The van der Waals surface area contributed by atoms with Gasteiger partial charge in [0.1, 0.15) is 11.6 Å². The van der Waals surface area contributed by atoms with Crippen LogP contribution in [0.25, 0.3) is 0 Å². The van der Waals surface area contributed by atoms with Gasteiger partial charge in [0, 0.05) is 11.8 Å². The molecule has 1 aliphatic rings. The molecule has 1 aromatic carbocycles. The first-order valence-corrected chi connectivity index (χ1v) is 5.46. The summed E-state index contributed by atoms with van der Waals surface area (Å²) in [5.41, 5.74) is 1.00. The summed E-state index contributed by atoms with van der Waals surface area (Å²) in [7, 11) is 0. The van der Waals surface area contributed by atoms with Crippen LogP contribution in [-0.2, 0) is 14.9 Å². The Morgan fingerprint density at radius 1 is 1.38 bits per heavy atom. The van der Waals surface area contributed by atoms with Gasteiger partial charge in [-0.05, 0) is 31.0 Å². The Bertz CT molecular complexity index is 379. The molecule has 0 bridgehead atoms. The summed E-state index contributed by atoms with van der Waals surface area (Å²) in [6, 6.07) is 6.50. The monoisotopic (exact) mass is 222 g/mol. The Kier molecular flexibility index (Phi) is 3.06. The fourth-order valence-electron chi connectivity index (χ4n) is 2.02. The second-order valence-corrected chi connectivity index (χ2v) is 4.48. The van der Waals surface area contributed by atoms with Crippen molar-refractivity contribution in [3.05, 3.63) is 35.6 Å². The van der Waals surface area contributed by atoms with E-state index in [1.807, 2.05) is 0 Å². The first kappa shape index (κ1) is 11.3. The van der Waals surface area contributed by atoms with Crippen molar-refractivity contribution in [1.82, 2.24) is 0 Å². The van der Waals surface area contributed by atoms with E-state index in [9.17, 15) is 9.18 Å². The van der Waals surface area contributed by atoms with Crippen LogP contribution in [0.2, 0.25) is 0 Å². The zero-order valence-electron chi connectivity index (χ0n) is 9.33. The van der Waals surface area contributed by atoms with Crippen molar-refractivity contribution in [2.24, 2.45) is 0 Å². The number of ether oxygens (including phenoxy) is 1. The van der Waals surface area contributed by atoms with E-state index in [2.05, 4.69) is 0 Å². The van der Waals surface area contributed by atoms with E-state index in [4.69, 9.17) is 4.74 Å². The summed E-state index contributed by atoms with van der Waals surface area (Å²) in [5.74, 6) is -0.0425. The van der Waals surface area contributed by atoms with Gasteiger partial charge in [0.25, 0.3) is 0 Å². The Balaban J connectivity index is 2.14. The van der Waals surface area contributed by atoms with Gasteiger partial charge in [-0.2, -0.15) is 0 Å². The molecule has 1 saturated heterocycles. The molecule has 2 nitrogen and oxygen atoms in total. The summed E-state index contributed by atoms with van der Waals surface area (Å²) in [5, 5.41) is 0. The van der Waals surface area contributed by atoms with Crippen LogP contribution >= 0.6 is 0 Å². The number of carbonyl (C=O) groups is 1. The van der Waals surface area contributed by atoms with Crippen LogP contribution in [0.4, 0.5) is 4.39 Å². The van der Waals surface area contributed by atoms with Gasteiger partial charge in [-0.15, -0.1) is 0 Å². The highest BCUT2D eigenvalue weighted by Gasteiger charge is 2.39. The smallest absolute Gasteiger partial charge is 0.129 e. The Labute approximate surface area is 94.4 Å². The molecule has 1 aromatic rings. The minimum Gasteiger partial charge on any atom is -0.379 e. The van der Waals surface area contributed by atoms with Crippen LogP contribution in [0, 0.1) is 5.82 Å². The maximum Gasteiger partial charge on any atom is 0.129 e. The standard InChI is InChI=1S/C13H15FO2/c1-10(15)6-7-13(8-16-9-13)11-2-4-12(14)5-3-11/h2-5H,6-9H2,1H3. The van der Waals surface area contributed by atoms with Crippen molar-refractivity contribution >= 4 is 5.78 Å². The predicted molar refractivity (Wildman–Crippen MR) is 58.8 cm³/mol. The molecule has 1 aliphatic heterocycles. The Morgan fingerprint density at radius 3 is 2.44 bits per heavy atom. The zero-order chi connectivity index (χ0) is 11.6. The van der Waals surface area contributed by atoms with E-state index >= 15 is 0 Å². The second-order valence-electron chi connectivity index (χ2n) is 4.48. The maximum absolute atomic E-state index is 12.8. The van der Waals surface area contributed by atoms with E-state index < -0.39 is 0 Å². The molecule has 0 amide bonds. The molecule has 0 saturated carbocycles. The number of rotatable bonds is 4. The lowest BCUT2D eigenvalue weighted by Gasteiger charge is -2.42. The molecular weight excluding hydrogens is 207 g/mol. The number of Topliss-reactive ketones (excluding diaryl/α,β-unsaturated/α-hetero) is 1. The predicted octanol–water partition coefficient (Wildman–Crippen LogP) is 2.46. The van der Waals surface area contributed by atoms with Crippen LogP contribution in [0.3, 0.4) is 0 Å². The average Bonchev–Trinajstić information content (AvgIpc) is 2.18. The molecular formula is C13H15FO2. The molecule has 3 heteroatoms. The number of hydrogen-bond acceptors (Lipinski definition) is 2. The fraction of sp³-hybridized carbons (Fsp3) is 0.462. The van der Waals surface area contributed by atoms with E-state index in [-0.39, 0.29) is 17.0 Å². The van der Waals surface area contributed by atoms with Crippen LogP contribution in [0.5, 0.6) is 0 Å². The molecule has 86 valence electrons. The molecule has 0 aliphatic carbocycles. The second kappa shape index (κ2) is 4.34. The van der Waals surface area contributed by atoms with Gasteiger partial charge in [-0.3, -0.25) is 0 Å². The minimum atomic E-state index is -0.231. The van der Waals surface area contributed by atoms with Crippen molar-refractivity contribution in [1.29, 1.82) is 0 Å². The molecule has 0 aromatic heterocycles. The number of benzene rings is 1. The minimum absolute atomic E-state index is 0.0701. The first-order chi connectivity index (χ1) is 7.62. The number of carbonyl (C=O) groups excluding carboxylic acids is 1. The SMILES string of the molecule is CC(=O)CCC1(c2ccc(F)cc2)COC1. The molecule has 16 heavy (non-hydrogen) atoms. The van der Waals surface area contributed by atoms with Gasteiger partial charge >= 0.3 is 0 Å². The molecule has 0 unspecified atom stereocenters.